The second-order valence-electron chi connectivity index (χ2n) is 3.31. The lowest BCUT2D eigenvalue weighted by Crippen LogP contribution is -1.99. The second-order valence-corrected chi connectivity index (χ2v) is 3.53. The number of halogens is 1. The second kappa shape index (κ2) is 4.42. The van der Waals surface area contributed by atoms with E-state index in [2.05, 4.69) is 4.98 Å². The molecule has 76 valence electrons. The van der Waals surface area contributed by atoms with Crippen molar-refractivity contribution in [2.24, 2.45) is 0 Å². The van der Waals surface area contributed by atoms with Crippen LogP contribution in [0.2, 0.25) is 0 Å². The molecule has 0 saturated carbocycles. The van der Waals surface area contributed by atoms with Crippen molar-refractivity contribution in [2.45, 2.75) is 27.3 Å². The van der Waals surface area contributed by atoms with Gasteiger partial charge in [0.15, 0.2) is 5.78 Å². The van der Waals surface area contributed by atoms with Crippen LogP contribution >= 0.6 is 11.6 Å². The molecule has 0 amide bonds. The van der Waals surface area contributed by atoms with Crippen LogP contribution in [0.1, 0.15) is 30.2 Å². The third kappa shape index (κ3) is 2.45. The van der Waals surface area contributed by atoms with Gasteiger partial charge >= 0.3 is 0 Å². The van der Waals surface area contributed by atoms with Gasteiger partial charge in [-0.25, -0.2) is 4.98 Å². The minimum absolute atomic E-state index is 0.0145. The van der Waals surface area contributed by atoms with Gasteiger partial charge in [-0.3, -0.25) is 4.79 Å². The zero-order valence-electron chi connectivity index (χ0n) is 8.54. The van der Waals surface area contributed by atoms with E-state index in [-0.39, 0.29) is 5.78 Å². The van der Waals surface area contributed by atoms with Crippen molar-refractivity contribution in [1.82, 2.24) is 9.55 Å². The topological polar surface area (TPSA) is 34.9 Å². The predicted molar refractivity (Wildman–Crippen MR) is 56.6 cm³/mol. The zero-order valence-corrected chi connectivity index (χ0v) is 9.30. The van der Waals surface area contributed by atoms with Gasteiger partial charge in [-0.15, -0.1) is 0 Å². The Kier molecular flexibility index (Phi) is 3.47. The molecule has 0 unspecified atom stereocenters. The fraction of sp³-hybridized carbons (Fsp3) is 0.400. The van der Waals surface area contributed by atoms with Crippen LogP contribution < -0.4 is 0 Å². The van der Waals surface area contributed by atoms with Crippen LogP contribution in [0.4, 0.5) is 0 Å². The molecule has 0 aromatic carbocycles. The summed E-state index contributed by atoms with van der Waals surface area (Å²) < 4.78 is 1.91. The third-order valence-corrected chi connectivity index (χ3v) is 2.32. The highest BCUT2D eigenvalue weighted by molar-refractivity contribution is 6.25. The summed E-state index contributed by atoms with van der Waals surface area (Å²) in [6, 6.07) is 0. The number of imidazole rings is 1. The molecule has 0 saturated heterocycles. The number of rotatable bonds is 3. The van der Waals surface area contributed by atoms with E-state index >= 15 is 0 Å². The van der Waals surface area contributed by atoms with Crippen molar-refractivity contribution in [3.8, 4) is 0 Å². The predicted octanol–water partition coefficient (Wildman–Crippen LogP) is 2.54. The Morgan fingerprint density at radius 3 is 2.71 bits per heavy atom. The van der Waals surface area contributed by atoms with E-state index in [1.165, 1.54) is 12.5 Å². The summed E-state index contributed by atoms with van der Waals surface area (Å²) >= 11 is 5.56. The lowest BCUT2D eigenvalue weighted by molar-refractivity contribution is 0.101. The summed E-state index contributed by atoms with van der Waals surface area (Å²) in [5.41, 5.74) is 3.07. The molecular formula is C10H13ClN2O. The number of carbonyl (C=O) groups excluding carboxylic acids is 1. The van der Waals surface area contributed by atoms with E-state index in [1.807, 2.05) is 18.4 Å². The van der Waals surface area contributed by atoms with Crippen molar-refractivity contribution in [2.75, 3.05) is 0 Å². The molecule has 1 aromatic heterocycles. The molecule has 1 rings (SSSR count). The first kappa shape index (κ1) is 11.0. The molecule has 14 heavy (non-hydrogen) atoms. The SMILES string of the molecule is CC(=O)c1cn(C/C(C)=C/Cl)c(C)n1. The average molecular weight is 213 g/mol. The quantitative estimate of drug-likeness (QED) is 0.722. The van der Waals surface area contributed by atoms with Gasteiger partial charge in [-0.2, -0.15) is 0 Å². The van der Waals surface area contributed by atoms with Gasteiger partial charge in [-0.05, 0) is 19.4 Å². The molecular weight excluding hydrogens is 200 g/mol. The standard InChI is InChI=1S/C10H13ClN2O/c1-7(4-11)5-13-6-10(8(2)14)12-9(13)3/h4,6H,5H2,1-3H3/b7-4+. The monoisotopic (exact) mass is 212 g/mol. The first-order chi connectivity index (χ1) is 6.54. The number of ketones is 1. The molecule has 1 heterocycles. The van der Waals surface area contributed by atoms with Crippen LogP contribution in [0.3, 0.4) is 0 Å². The number of carbonyl (C=O) groups is 1. The molecule has 0 aliphatic rings. The van der Waals surface area contributed by atoms with Gasteiger partial charge in [0.2, 0.25) is 0 Å². The van der Waals surface area contributed by atoms with Gasteiger partial charge in [0, 0.05) is 25.2 Å². The molecule has 0 spiro atoms. The number of nitrogens with zero attached hydrogens (tertiary/aromatic N) is 2. The summed E-state index contributed by atoms with van der Waals surface area (Å²) in [6.07, 6.45) is 1.75. The lowest BCUT2D eigenvalue weighted by atomic mass is 10.3. The van der Waals surface area contributed by atoms with Gasteiger partial charge in [-0.1, -0.05) is 11.6 Å². The molecule has 0 aliphatic carbocycles. The van der Waals surface area contributed by atoms with Crippen molar-refractivity contribution in [1.29, 1.82) is 0 Å². The van der Waals surface area contributed by atoms with E-state index in [9.17, 15) is 4.79 Å². The molecule has 3 nitrogen and oxygen atoms in total. The summed E-state index contributed by atoms with van der Waals surface area (Å²) in [7, 11) is 0. The van der Waals surface area contributed by atoms with Crippen molar-refractivity contribution in [3.05, 3.63) is 28.8 Å². The van der Waals surface area contributed by atoms with E-state index in [1.54, 1.807) is 6.20 Å². The summed E-state index contributed by atoms with van der Waals surface area (Å²) in [5, 5.41) is 0. The number of aryl methyl sites for hydroxylation is 1. The highest BCUT2D eigenvalue weighted by Crippen LogP contribution is 2.07. The van der Waals surface area contributed by atoms with Crippen molar-refractivity contribution >= 4 is 17.4 Å². The Hall–Kier alpha value is -1.09. The normalized spacial score (nSPS) is 11.9. The number of aromatic nitrogens is 2. The van der Waals surface area contributed by atoms with Gasteiger partial charge in [0.05, 0.1) is 0 Å². The molecule has 0 radical (unpaired) electrons. The van der Waals surface area contributed by atoms with Gasteiger partial charge in [0.1, 0.15) is 11.5 Å². The van der Waals surface area contributed by atoms with Crippen LogP contribution in [0, 0.1) is 6.92 Å². The molecule has 0 N–H and O–H groups in total. The maximum atomic E-state index is 11.0. The van der Waals surface area contributed by atoms with E-state index in [0.717, 1.165) is 11.4 Å². The highest BCUT2D eigenvalue weighted by Gasteiger charge is 2.07. The molecule has 0 atom stereocenters. The van der Waals surface area contributed by atoms with Crippen molar-refractivity contribution < 1.29 is 4.79 Å². The molecule has 0 bridgehead atoms. The molecule has 0 fully saturated rings. The minimum atomic E-state index is -0.0145. The number of Topliss-reactive ketones (excluding diaryl/α,β-unsaturated/α-hetero) is 1. The lowest BCUT2D eigenvalue weighted by Gasteiger charge is -2.02. The fourth-order valence-electron chi connectivity index (χ4n) is 1.14. The van der Waals surface area contributed by atoms with Crippen LogP contribution in [0.15, 0.2) is 17.3 Å². The van der Waals surface area contributed by atoms with Crippen molar-refractivity contribution in [3.63, 3.8) is 0 Å². The van der Waals surface area contributed by atoms with Crippen LogP contribution in [0.5, 0.6) is 0 Å². The minimum Gasteiger partial charge on any atom is -0.330 e. The smallest absolute Gasteiger partial charge is 0.179 e. The maximum absolute atomic E-state index is 11.0. The Balaban J connectivity index is 2.93. The average Bonchev–Trinajstić information content (AvgIpc) is 2.48. The largest absolute Gasteiger partial charge is 0.330 e. The van der Waals surface area contributed by atoms with E-state index in [4.69, 9.17) is 11.6 Å². The Morgan fingerprint density at radius 1 is 1.64 bits per heavy atom. The Bertz CT molecular complexity index is 379. The van der Waals surface area contributed by atoms with Crippen LogP contribution in [-0.4, -0.2) is 15.3 Å². The number of hydrogen-bond donors (Lipinski definition) is 0. The van der Waals surface area contributed by atoms with E-state index in [0.29, 0.717) is 12.2 Å². The Morgan fingerprint density at radius 2 is 2.29 bits per heavy atom. The van der Waals surface area contributed by atoms with Gasteiger partial charge in [0.25, 0.3) is 0 Å². The van der Waals surface area contributed by atoms with Crippen LogP contribution in [0.25, 0.3) is 0 Å². The fourth-order valence-corrected chi connectivity index (χ4v) is 1.21. The maximum Gasteiger partial charge on any atom is 0.179 e. The zero-order chi connectivity index (χ0) is 10.7. The Labute approximate surface area is 88.4 Å². The third-order valence-electron chi connectivity index (χ3n) is 1.94. The van der Waals surface area contributed by atoms with Crippen LogP contribution in [-0.2, 0) is 6.54 Å². The van der Waals surface area contributed by atoms with Gasteiger partial charge < -0.3 is 4.57 Å². The van der Waals surface area contributed by atoms with E-state index < -0.39 is 0 Å². The summed E-state index contributed by atoms with van der Waals surface area (Å²) in [5.74, 6) is 0.812. The number of hydrogen-bond acceptors (Lipinski definition) is 2. The number of allylic oxidation sites excluding steroid dienone is 1. The molecule has 4 heteroatoms. The highest BCUT2D eigenvalue weighted by atomic mass is 35.5. The first-order valence-corrected chi connectivity index (χ1v) is 4.78. The summed E-state index contributed by atoms with van der Waals surface area (Å²) in [6.45, 7) is 5.99. The summed E-state index contributed by atoms with van der Waals surface area (Å²) in [4.78, 5) is 15.2. The first-order valence-electron chi connectivity index (χ1n) is 4.35. The molecule has 0 aliphatic heterocycles. The molecule has 1 aromatic rings.